The molecule has 106 valence electrons. The number of nitrogens with zero attached hydrogens (tertiary/aromatic N) is 2. The van der Waals surface area contributed by atoms with Gasteiger partial charge in [0.15, 0.2) is 0 Å². The highest BCUT2D eigenvalue weighted by Gasteiger charge is 1.99. The van der Waals surface area contributed by atoms with Crippen LogP contribution in [0.5, 0.6) is 0 Å². The van der Waals surface area contributed by atoms with E-state index >= 15 is 0 Å². The molecular formula is C15H19N3O2. The van der Waals surface area contributed by atoms with Crippen molar-refractivity contribution in [3.63, 3.8) is 0 Å². The number of aliphatic carboxylic acids is 1. The third-order valence-electron chi connectivity index (χ3n) is 3.09. The Kier molecular flexibility index (Phi) is 5.29. The van der Waals surface area contributed by atoms with Crippen LogP contribution in [0.3, 0.4) is 0 Å². The van der Waals surface area contributed by atoms with Crippen LogP contribution in [0.15, 0.2) is 30.5 Å². The van der Waals surface area contributed by atoms with Crippen molar-refractivity contribution < 1.29 is 9.90 Å². The molecule has 1 aromatic carbocycles. The Morgan fingerprint density at radius 2 is 1.95 bits per heavy atom. The van der Waals surface area contributed by atoms with E-state index < -0.39 is 5.97 Å². The maximum Gasteiger partial charge on any atom is 0.303 e. The molecule has 0 aliphatic heterocycles. The maximum atomic E-state index is 10.4. The second-order valence-electron chi connectivity index (χ2n) is 4.74. The van der Waals surface area contributed by atoms with E-state index in [-0.39, 0.29) is 6.42 Å². The molecule has 1 aromatic heterocycles. The molecule has 0 radical (unpaired) electrons. The molecule has 0 saturated carbocycles. The summed E-state index contributed by atoms with van der Waals surface area (Å²) in [5.41, 5.74) is 0.937. The first-order valence-corrected chi connectivity index (χ1v) is 6.93. The summed E-state index contributed by atoms with van der Waals surface area (Å²) >= 11 is 0. The Morgan fingerprint density at radius 1 is 1.15 bits per heavy atom. The van der Waals surface area contributed by atoms with Gasteiger partial charge in [-0.1, -0.05) is 31.0 Å². The lowest BCUT2D eigenvalue weighted by molar-refractivity contribution is -0.137. The minimum Gasteiger partial charge on any atom is -0.481 e. The average molecular weight is 273 g/mol. The molecule has 2 N–H and O–H groups in total. The molecule has 0 bridgehead atoms. The van der Waals surface area contributed by atoms with Crippen LogP contribution in [-0.4, -0.2) is 27.6 Å². The minimum absolute atomic E-state index is 0.265. The number of anilines is 1. The molecule has 0 fully saturated rings. The Balaban J connectivity index is 1.69. The van der Waals surface area contributed by atoms with Crippen molar-refractivity contribution in [2.45, 2.75) is 32.1 Å². The first kappa shape index (κ1) is 14.2. The number of fused-ring (bicyclic) bond motifs is 1. The van der Waals surface area contributed by atoms with Crippen LogP contribution in [0.2, 0.25) is 0 Å². The van der Waals surface area contributed by atoms with Gasteiger partial charge in [-0.3, -0.25) is 4.79 Å². The van der Waals surface area contributed by atoms with Crippen LogP contribution in [-0.2, 0) is 4.79 Å². The van der Waals surface area contributed by atoms with Crippen molar-refractivity contribution in [1.82, 2.24) is 9.97 Å². The molecule has 0 saturated heterocycles. The fourth-order valence-corrected chi connectivity index (χ4v) is 2.01. The zero-order chi connectivity index (χ0) is 14.2. The normalized spacial score (nSPS) is 10.6. The van der Waals surface area contributed by atoms with Crippen LogP contribution < -0.4 is 5.32 Å². The second-order valence-corrected chi connectivity index (χ2v) is 4.74. The molecule has 0 amide bonds. The molecule has 5 heteroatoms. The number of para-hydroxylation sites is 1. The van der Waals surface area contributed by atoms with Gasteiger partial charge < -0.3 is 10.4 Å². The first-order valence-electron chi connectivity index (χ1n) is 6.93. The molecule has 0 unspecified atom stereocenters. The highest BCUT2D eigenvalue weighted by molar-refractivity contribution is 5.78. The van der Waals surface area contributed by atoms with Gasteiger partial charge >= 0.3 is 5.97 Å². The number of benzene rings is 1. The van der Waals surface area contributed by atoms with E-state index in [1.165, 1.54) is 0 Å². The minimum atomic E-state index is -0.715. The largest absolute Gasteiger partial charge is 0.481 e. The number of hydrogen-bond donors (Lipinski definition) is 2. The van der Waals surface area contributed by atoms with Gasteiger partial charge in [0.05, 0.1) is 5.52 Å². The van der Waals surface area contributed by atoms with Gasteiger partial charge in [-0.05, 0) is 18.9 Å². The number of carbonyl (C=O) groups is 1. The summed E-state index contributed by atoms with van der Waals surface area (Å²) in [5.74, 6) is -0.0677. The van der Waals surface area contributed by atoms with Gasteiger partial charge in [0, 0.05) is 24.5 Å². The Bertz CT molecular complexity index is 572. The number of aromatic nitrogens is 2. The van der Waals surface area contributed by atoms with E-state index in [9.17, 15) is 4.79 Å². The van der Waals surface area contributed by atoms with Crippen LogP contribution >= 0.6 is 0 Å². The van der Waals surface area contributed by atoms with E-state index in [1.54, 1.807) is 0 Å². The maximum absolute atomic E-state index is 10.4. The summed E-state index contributed by atoms with van der Waals surface area (Å²) in [6, 6.07) is 7.88. The van der Waals surface area contributed by atoms with E-state index in [1.807, 2.05) is 30.5 Å². The smallest absolute Gasteiger partial charge is 0.303 e. The van der Waals surface area contributed by atoms with Crippen LogP contribution in [0.1, 0.15) is 32.1 Å². The zero-order valence-electron chi connectivity index (χ0n) is 11.4. The van der Waals surface area contributed by atoms with Gasteiger partial charge in [-0.15, -0.1) is 0 Å². The SMILES string of the molecule is O=C(O)CCCCCCNc1ncc2ccccc2n1. The van der Waals surface area contributed by atoms with Crippen molar-refractivity contribution in [2.75, 3.05) is 11.9 Å². The monoisotopic (exact) mass is 273 g/mol. The summed E-state index contributed by atoms with van der Waals surface area (Å²) in [4.78, 5) is 19.0. The number of nitrogens with one attached hydrogen (secondary N) is 1. The Hall–Kier alpha value is -2.17. The van der Waals surface area contributed by atoms with E-state index in [0.717, 1.165) is 43.1 Å². The van der Waals surface area contributed by atoms with Crippen LogP contribution in [0.25, 0.3) is 10.9 Å². The summed E-state index contributed by atoms with van der Waals surface area (Å²) < 4.78 is 0. The van der Waals surface area contributed by atoms with E-state index in [4.69, 9.17) is 5.11 Å². The number of unbranched alkanes of at least 4 members (excludes halogenated alkanes) is 3. The highest BCUT2D eigenvalue weighted by atomic mass is 16.4. The number of carboxylic acid groups (broad SMARTS) is 1. The molecule has 20 heavy (non-hydrogen) atoms. The lowest BCUT2D eigenvalue weighted by Gasteiger charge is -2.05. The molecule has 5 nitrogen and oxygen atoms in total. The van der Waals surface area contributed by atoms with Gasteiger partial charge in [0.2, 0.25) is 5.95 Å². The highest BCUT2D eigenvalue weighted by Crippen LogP contribution is 2.11. The standard InChI is InChI=1S/C15H19N3O2/c19-14(20)9-3-1-2-6-10-16-15-17-11-12-7-4-5-8-13(12)18-15/h4-5,7-8,11H,1-3,6,9-10H2,(H,19,20)(H,16,17,18). The Labute approximate surface area is 118 Å². The fourth-order valence-electron chi connectivity index (χ4n) is 2.01. The van der Waals surface area contributed by atoms with E-state index in [0.29, 0.717) is 5.95 Å². The molecule has 2 rings (SSSR count). The quantitative estimate of drug-likeness (QED) is 0.723. The number of carboxylic acids is 1. The fraction of sp³-hybridized carbons (Fsp3) is 0.400. The number of hydrogen-bond acceptors (Lipinski definition) is 4. The first-order chi connectivity index (χ1) is 9.75. The van der Waals surface area contributed by atoms with E-state index in [2.05, 4.69) is 15.3 Å². The predicted molar refractivity (Wildman–Crippen MR) is 78.7 cm³/mol. The second kappa shape index (κ2) is 7.43. The van der Waals surface area contributed by atoms with Crippen LogP contribution in [0, 0.1) is 0 Å². The van der Waals surface area contributed by atoms with Crippen molar-refractivity contribution >= 4 is 22.8 Å². The van der Waals surface area contributed by atoms with Crippen molar-refractivity contribution in [1.29, 1.82) is 0 Å². The molecule has 1 heterocycles. The lowest BCUT2D eigenvalue weighted by atomic mass is 10.1. The topological polar surface area (TPSA) is 75.1 Å². The number of rotatable bonds is 8. The predicted octanol–water partition coefficient (Wildman–Crippen LogP) is 3.08. The van der Waals surface area contributed by atoms with Crippen molar-refractivity contribution in [3.05, 3.63) is 30.5 Å². The van der Waals surface area contributed by atoms with Gasteiger partial charge in [-0.2, -0.15) is 0 Å². The molecule has 0 spiro atoms. The zero-order valence-corrected chi connectivity index (χ0v) is 11.4. The van der Waals surface area contributed by atoms with Crippen LogP contribution in [0.4, 0.5) is 5.95 Å². The lowest BCUT2D eigenvalue weighted by Crippen LogP contribution is -2.05. The summed E-state index contributed by atoms with van der Waals surface area (Å²) in [7, 11) is 0. The Morgan fingerprint density at radius 3 is 2.80 bits per heavy atom. The molecule has 0 aliphatic rings. The summed E-state index contributed by atoms with van der Waals surface area (Å²) in [6.45, 7) is 0.811. The molecular weight excluding hydrogens is 254 g/mol. The van der Waals surface area contributed by atoms with Gasteiger partial charge in [-0.25, -0.2) is 9.97 Å². The summed E-state index contributed by atoms with van der Waals surface area (Å²) in [6.07, 6.45) is 5.80. The third-order valence-corrected chi connectivity index (χ3v) is 3.09. The van der Waals surface area contributed by atoms with Crippen molar-refractivity contribution in [2.24, 2.45) is 0 Å². The van der Waals surface area contributed by atoms with Gasteiger partial charge in [0.1, 0.15) is 0 Å². The third kappa shape index (κ3) is 4.50. The molecule has 0 aliphatic carbocycles. The van der Waals surface area contributed by atoms with Gasteiger partial charge in [0.25, 0.3) is 0 Å². The van der Waals surface area contributed by atoms with Crippen molar-refractivity contribution in [3.8, 4) is 0 Å². The average Bonchev–Trinajstić information content (AvgIpc) is 2.46. The molecule has 2 aromatic rings. The summed E-state index contributed by atoms with van der Waals surface area (Å²) in [5, 5.41) is 12.8. The molecule has 0 atom stereocenters.